The van der Waals surface area contributed by atoms with Crippen LogP contribution in [-0.4, -0.2) is 48.9 Å². The normalized spacial score (nSPS) is 10.5. The average molecular weight is 287 g/mol. The van der Waals surface area contributed by atoms with Crippen molar-refractivity contribution in [2.24, 2.45) is 0 Å². The monoisotopic (exact) mass is 287 g/mol. The molecule has 0 aromatic carbocycles. The van der Waals surface area contributed by atoms with Gasteiger partial charge in [-0.3, -0.25) is 19.2 Å². The zero-order chi connectivity index (χ0) is 15.7. The van der Waals surface area contributed by atoms with Gasteiger partial charge in [-0.15, -0.1) is 0 Å². The van der Waals surface area contributed by atoms with Gasteiger partial charge in [0.05, 0.1) is 0 Å². The van der Waals surface area contributed by atoms with Crippen molar-refractivity contribution in [3.8, 4) is 0 Å². The van der Waals surface area contributed by atoms with E-state index in [9.17, 15) is 19.2 Å². The summed E-state index contributed by atoms with van der Waals surface area (Å²) < 4.78 is 9.76. The van der Waals surface area contributed by atoms with E-state index in [4.69, 9.17) is 9.47 Å². The van der Waals surface area contributed by atoms with E-state index < -0.39 is 18.4 Å². The zero-order valence-corrected chi connectivity index (χ0v) is 12.3. The third-order valence-corrected chi connectivity index (χ3v) is 2.36. The summed E-state index contributed by atoms with van der Waals surface area (Å²) in [5, 5.41) is 0. The van der Waals surface area contributed by atoms with Crippen LogP contribution >= 0.6 is 0 Å². The molecule has 0 saturated heterocycles. The summed E-state index contributed by atoms with van der Waals surface area (Å²) in [6, 6.07) is 0. The Bertz CT molecular complexity index is 345. The molecule has 0 aromatic heterocycles. The van der Waals surface area contributed by atoms with Crippen LogP contribution in [0.2, 0.25) is 0 Å². The van der Waals surface area contributed by atoms with Crippen LogP contribution in [0.15, 0.2) is 0 Å². The smallest absolute Gasteiger partial charge is 0.317 e. The molecule has 0 aliphatic carbocycles. The third kappa shape index (κ3) is 7.63. The highest BCUT2D eigenvalue weighted by Gasteiger charge is 2.23. The van der Waals surface area contributed by atoms with Crippen LogP contribution in [0.3, 0.4) is 0 Å². The van der Waals surface area contributed by atoms with Crippen LogP contribution in [0.1, 0.15) is 39.5 Å². The molecule has 0 heterocycles. The molecule has 7 heteroatoms. The molecule has 0 atom stereocenters. The number of esters is 2. The highest BCUT2D eigenvalue weighted by Crippen LogP contribution is 2.05. The summed E-state index contributed by atoms with van der Waals surface area (Å²) >= 11 is 0. The van der Waals surface area contributed by atoms with E-state index >= 15 is 0 Å². The second-order valence-electron chi connectivity index (χ2n) is 4.39. The summed E-state index contributed by atoms with van der Waals surface area (Å²) in [6.07, 6.45) is -1.53. The third-order valence-electron chi connectivity index (χ3n) is 2.36. The molecule has 0 amide bonds. The quantitative estimate of drug-likeness (QED) is 0.349. The van der Waals surface area contributed by atoms with Gasteiger partial charge in [-0.1, -0.05) is 13.8 Å². The van der Waals surface area contributed by atoms with Crippen LogP contribution in [0.4, 0.5) is 0 Å². The maximum absolute atomic E-state index is 11.5. The highest BCUT2D eigenvalue weighted by atomic mass is 16.7. The molecule has 0 unspecified atom stereocenters. The average Bonchev–Trinajstić information content (AvgIpc) is 2.37. The SMILES string of the molecule is CCC(=O)CC(=O)OC(OC(=O)CC(=O)CC)N(C)C. The van der Waals surface area contributed by atoms with Crippen LogP contribution in [0.25, 0.3) is 0 Å². The minimum atomic E-state index is -1.25. The van der Waals surface area contributed by atoms with Gasteiger partial charge in [0.15, 0.2) is 0 Å². The standard InChI is InChI=1S/C13H21NO6/c1-5-9(15)7-11(17)19-13(14(3)4)20-12(18)8-10(16)6-2/h13H,5-8H2,1-4H3. The lowest BCUT2D eigenvalue weighted by Crippen LogP contribution is -2.37. The molecule has 114 valence electrons. The molecule has 0 spiro atoms. The molecule has 20 heavy (non-hydrogen) atoms. The Morgan fingerprint density at radius 3 is 1.45 bits per heavy atom. The lowest BCUT2D eigenvalue weighted by Gasteiger charge is -2.23. The number of rotatable bonds is 9. The van der Waals surface area contributed by atoms with Gasteiger partial charge in [0.2, 0.25) is 0 Å². The largest absolute Gasteiger partial charge is 0.410 e. The number of hydrogen-bond acceptors (Lipinski definition) is 7. The van der Waals surface area contributed by atoms with Crippen molar-refractivity contribution in [1.82, 2.24) is 4.90 Å². The molecule has 0 aliphatic rings. The molecule has 0 aliphatic heterocycles. The van der Waals surface area contributed by atoms with Gasteiger partial charge in [-0.25, -0.2) is 4.90 Å². The van der Waals surface area contributed by atoms with Gasteiger partial charge < -0.3 is 9.47 Å². The lowest BCUT2D eigenvalue weighted by molar-refractivity contribution is -0.214. The van der Waals surface area contributed by atoms with E-state index in [0.29, 0.717) is 0 Å². The van der Waals surface area contributed by atoms with Crippen molar-refractivity contribution in [1.29, 1.82) is 0 Å². The van der Waals surface area contributed by atoms with E-state index in [-0.39, 0.29) is 37.2 Å². The molecule has 0 fully saturated rings. The van der Waals surface area contributed by atoms with Gasteiger partial charge in [-0.05, 0) is 14.1 Å². The number of ether oxygens (including phenoxy) is 2. The number of nitrogens with zero attached hydrogens (tertiary/aromatic N) is 1. The number of carbonyl (C=O) groups excluding carboxylic acids is 4. The maximum Gasteiger partial charge on any atom is 0.317 e. The Morgan fingerprint density at radius 1 is 0.850 bits per heavy atom. The summed E-state index contributed by atoms with van der Waals surface area (Å²) in [5.41, 5.74) is 0. The predicted octanol–water partition coefficient (Wildman–Crippen LogP) is 0.656. The van der Waals surface area contributed by atoms with Crippen molar-refractivity contribution >= 4 is 23.5 Å². The van der Waals surface area contributed by atoms with Crippen LogP contribution in [0.5, 0.6) is 0 Å². The summed E-state index contributed by atoms with van der Waals surface area (Å²) in [5.74, 6) is -2.07. The van der Waals surface area contributed by atoms with Gasteiger partial charge >= 0.3 is 18.4 Å². The van der Waals surface area contributed by atoms with E-state index in [1.165, 1.54) is 19.0 Å². The Balaban J connectivity index is 4.43. The second-order valence-corrected chi connectivity index (χ2v) is 4.39. The number of Topliss-reactive ketones (excluding diaryl/α,β-unsaturated/α-hetero) is 2. The lowest BCUT2D eigenvalue weighted by atomic mass is 10.2. The predicted molar refractivity (Wildman–Crippen MR) is 69.5 cm³/mol. The van der Waals surface area contributed by atoms with Crippen LogP contribution < -0.4 is 0 Å². The Labute approximate surface area is 118 Å². The molecule has 7 nitrogen and oxygen atoms in total. The first-order chi connectivity index (χ1) is 9.29. The molecule has 0 rings (SSSR count). The zero-order valence-electron chi connectivity index (χ0n) is 12.3. The van der Waals surface area contributed by atoms with Crippen molar-refractivity contribution in [2.45, 2.75) is 45.9 Å². The molecule has 0 radical (unpaired) electrons. The van der Waals surface area contributed by atoms with Crippen LogP contribution in [-0.2, 0) is 28.7 Å². The molecule has 0 saturated carbocycles. The first kappa shape index (κ1) is 18.2. The van der Waals surface area contributed by atoms with Gasteiger partial charge in [0, 0.05) is 12.8 Å². The fourth-order valence-corrected chi connectivity index (χ4v) is 1.12. The molecule has 0 N–H and O–H groups in total. The van der Waals surface area contributed by atoms with Gasteiger partial charge in [0.1, 0.15) is 24.4 Å². The van der Waals surface area contributed by atoms with Crippen LogP contribution in [0, 0.1) is 0 Å². The molecule has 0 bridgehead atoms. The highest BCUT2D eigenvalue weighted by molar-refractivity contribution is 5.96. The second kappa shape index (κ2) is 9.19. The summed E-state index contributed by atoms with van der Waals surface area (Å²) in [4.78, 5) is 46.5. The minimum Gasteiger partial charge on any atom is -0.410 e. The Kier molecular flexibility index (Phi) is 8.38. The fourth-order valence-electron chi connectivity index (χ4n) is 1.12. The van der Waals surface area contributed by atoms with Crippen molar-refractivity contribution in [3.05, 3.63) is 0 Å². The Morgan fingerprint density at radius 2 is 1.20 bits per heavy atom. The number of hydrogen-bond donors (Lipinski definition) is 0. The summed E-state index contributed by atoms with van der Waals surface area (Å²) in [6.45, 7) is 3.27. The van der Waals surface area contributed by atoms with Crippen molar-refractivity contribution < 1.29 is 28.7 Å². The number of carbonyl (C=O) groups is 4. The topological polar surface area (TPSA) is 90.0 Å². The summed E-state index contributed by atoms with van der Waals surface area (Å²) in [7, 11) is 3.07. The maximum atomic E-state index is 11.5. The molecular weight excluding hydrogens is 266 g/mol. The van der Waals surface area contributed by atoms with Gasteiger partial charge in [0.25, 0.3) is 0 Å². The van der Waals surface area contributed by atoms with E-state index in [2.05, 4.69) is 0 Å². The molecular formula is C13H21NO6. The molecule has 0 aromatic rings. The number of ketones is 2. The van der Waals surface area contributed by atoms with Crippen molar-refractivity contribution in [3.63, 3.8) is 0 Å². The van der Waals surface area contributed by atoms with E-state index in [0.717, 1.165) is 0 Å². The van der Waals surface area contributed by atoms with Gasteiger partial charge in [-0.2, -0.15) is 0 Å². The minimum absolute atomic E-state index is 0.229. The fraction of sp³-hybridized carbons (Fsp3) is 0.692. The first-order valence-electron chi connectivity index (χ1n) is 6.38. The van der Waals surface area contributed by atoms with E-state index in [1.54, 1.807) is 13.8 Å². The first-order valence-corrected chi connectivity index (χ1v) is 6.38. The van der Waals surface area contributed by atoms with Crippen molar-refractivity contribution in [2.75, 3.05) is 14.1 Å². The van der Waals surface area contributed by atoms with E-state index in [1.807, 2.05) is 0 Å². The Hall–Kier alpha value is -1.76.